The van der Waals surface area contributed by atoms with Gasteiger partial charge in [-0.25, -0.2) is 4.79 Å². The van der Waals surface area contributed by atoms with Gasteiger partial charge in [0.2, 0.25) is 0 Å². The average molecular weight is 473 g/mol. The van der Waals surface area contributed by atoms with Gasteiger partial charge in [0, 0.05) is 12.6 Å². The lowest BCUT2D eigenvalue weighted by molar-refractivity contribution is -0.141. The molecule has 1 heterocycles. The topological polar surface area (TPSA) is 95.6 Å². The molecule has 1 aliphatic rings. The second-order valence-electron chi connectivity index (χ2n) is 7.60. The van der Waals surface area contributed by atoms with E-state index in [1.807, 2.05) is 26.0 Å². The standard InChI is InChI=1S/C25H32N2O7/c1-6-33-22-12-16-10-11-27(20(15-24(28)32-5)18(16)14-23(22)34-7-2)25(29)26-19-9-8-17(30-3)13-21(19)31-4/h8-9,12-14,20H,6-7,10-11,15H2,1-5H3,(H,26,29). The van der Waals surface area contributed by atoms with Crippen molar-refractivity contribution >= 4 is 17.7 Å². The van der Waals surface area contributed by atoms with Crippen molar-refractivity contribution < 1.29 is 33.3 Å². The first-order chi connectivity index (χ1) is 16.4. The van der Waals surface area contributed by atoms with E-state index in [-0.39, 0.29) is 12.5 Å². The van der Waals surface area contributed by atoms with Gasteiger partial charge in [0.1, 0.15) is 11.5 Å². The summed E-state index contributed by atoms with van der Waals surface area (Å²) >= 11 is 0. The molecule has 34 heavy (non-hydrogen) atoms. The van der Waals surface area contributed by atoms with Crippen LogP contribution in [-0.4, -0.2) is 58.0 Å². The van der Waals surface area contributed by atoms with Crippen LogP contribution in [0.15, 0.2) is 30.3 Å². The molecule has 1 aliphatic heterocycles. The van der Waals surface area contributed by atoms with Crippen LogP contribution in [0, 0.1) is 0 Å². The molecule has 0 spiro atoms. The van der Waals surface area contributed by atoms with Gasteiger partial charge in [-0.1, -0.05) is 0 Å². The molecule has 184 valence electrons. The van der Waals surface area contributed by atoms with Crippen LogP contribution in [-0.2, 0) is 16.0 Å². The van der Waals surface area contributed by atoms with Crippen molar-refractivity contribution in [3.8, 4) is 23.0 Å². The number of fused-ring (bicyclic) bond motifs is 1. The lowest BCUT2D eigenvalue weighted by Crippen LogP contribution is -2.43. The molecule has 2 amide bonds. The maximum absolute atomic E-state index is 13.4. The SMILES string of the molecule is CCOc1cc2c(cc1OCC)C(CC(=O)OC)N(C(=O)Nc1ccc(OC)cc1OC)CC2. The van der Waals surface area contributed by atoms with E-state index in [0.29, 0.717) is 54.9 Å². The minimum atomic E-state index is -0.532. The van der Waals surface area contributed by atoms with Gasteiger partial charge < -0.3 is 33.9 Å². The van der Waals surface area contributed by atoms with E-state index in [9.17, 15) is 9.59 Å². The molecule has 2 aromatic carbocycles. The number of anilines is 1. The molecule has 2 aromatic rings. The summed E-state index contributed by atoms with van der Waals surface area (Å²) in [5.41, 5.74) is 2.34. The Kier molecular flexibility index (Phi) is 8.45. The molecule has 0 fully saturated rings. The van der Waals surface area contributed by atoms with Crippen molar-refractivity contribution in [2.75, 3.05) is 46.4 Å². The molecule has 0 saturated carbocycles. The summed E-state index contributed by atoms with van der Waals surface area (Å²) in [6, 6.07) is 8.06. The fourth-order valence-corrected chi connectivity index (χ4v) is 4.04. The number of ether oxygens (including phenoxy) is 5. The summed E-state index contributed by atoms with van der Waals surface area (Å²) in [7, 11) is 4.42. The Bertz CT molecular complexity index is 1020. The Hall–Kier alpha value is -3.62. The predicted octanol–water partition coefficient (Wildman–Crippen LogP) is 4.20. The number of rotatable bonds is 9. The number of hydrogen-bond donors (Lipinski definition) is 1. The van der Waals surface area contributed by atoms with E-state index >= 15 is 0 Å². The highest BCUT2D eigenvalue weighted by Crippen LogP contribution is 2.40. The van der Waals surface area contributed by atoms with Crippen molar-refractivity contribution in [3.05, 3.63) is 41.5 Å². The number of methoxy groups -OCH3 is 3. The van der Waals surface area contributed by atoms with Crippen LogP contribution in [0.3, 0.4) is 0 Å². The van der Waals surface area contributed by atoms with Crippen molar-refractivity contribution in [2.24, 2.45) is 0 Å². The summed E-state index contributed by atoms with van der Waals surface area (Å²) in [5, 5.41) is 2.90. The molecular formula is C25H32N2O7. The smallest absolute Gasteiger partial charge is 0.322 e. The first-order valence-electron chi connectivity index (χ1n) is 11.2. The Balaban J connectivity index is 1.96. The zero-order valence-corrected chi connectivity index (χ0v) is 20.3. The second kappa shape index (κ2) is 11.5. The monoisotopic (exact) mass is 472 g/mol. The van der Waals surface area contributed by atoms with Crippen molar-refractivity contribution in [1.29, 1.82) is 0 Å². The predicted molar refractivity (Wildman–Crippen MR) is 127 cm³/mol. The first-order valence-corrected chi connectivity index (χ1v) is 11.2. The number of amides is 2. The third-order valence-corrected chi connectivity index (χ3v) is 5.66. The molecule has 0 aliphatic carbocycles. The number of carbonyl (C=O) groups is 2. The van der Waals surface area contributed by atoms with Crippen molar-refractivity contribution in [1.82, 2.24) is 4.90 Å². The van der Waals surface area contributed by atoms with Gasteiger partial charge in [0.25, 0.3) is 0 Å². The third kappa shape index (κ3) is 5.47. The summed E-state index contributed by atoms with van der Waals surface area (Å²) in [6.45, 7) is 5.18. The van der Waals surface area contributed by atoms with Crippen molar-refractivity contribution in [2.45, 2.75) is 32.7 Å². The lowest BCUT2D eigenvalue weighted by Gasteiger charge is -2.37. The molecule has 0 bridgehead atoms. The van der Waals surface area contributed by atoms with Crippen molar-refractivity contribution in [3.63, 3.8) is 0 Å². The average Bonchev–Trinajstić information content (AvgIpc) is 2.85. The van der Waals surface area contributed by atoms with Gasteiger partial charge in [0.05, 0.1) is 52.7 Å². The van der Waals surface area contributed by atoms with Gasteiger partial charge in [-0.3, -0.25) is 4.79 Å². The second-order valence-corrected chi connectivity index (χ2v) is 7.60. The van der Waals surface area contributed by atoms with Crippen LogP contribution in [0.4, 0.5) is 10.5 Å². The van der Waals surface area contributed by atoms with E-state index < -0.39 is 12.0 Å². The molecule has 1 atom stereocenters. The number of esters is 1. The Morgan fingerprint density at radius 3 is 2.29 bits per heavy atom. The Morgan fingerprint density at radius 2 is 1.68 bits per heavy atom. The maximum Gasteiger partial charge on any atom is 0.322 e. The molecule has 0 aromatic heterocycles. The van der Waals surface area contributed by atoms with Crippen LogP contribution in [0.25, 0.3) is 0 Å². The zero-order valence-electron chi connectivity index (χ0n) is 20.3. The Morgan fingerprint density at radius 1 is 0.971 bits per heavy atom. The van der Waals surface area contributed by atoms with Crippen LogP contribution in [0.2, 0.25) is 0 Å². The lowest BCUT2D eigenvalue weighted by atomic mass is 9.90. The number of urea groups is 1. The number of hydrogen-bond acceptors (Lipinski definition) is 7. The zero-order chi connectivity index (χ0) is 24.7. The van der Waals surface area contributed by atoms with Gasteiger partial charge in [-0.05, 0) is 55.7 Å². The normalized spacial score (nSPS) is 14.6. The maximum atomic E-state index is 13.4. The number of nitrogens with one attached hydrogen (secondary N) is 1. The van der Waals surface area contributed by atoms with Gasteiger partial charge in [0.15, 0.2) is 11.5 Å². The third-order valence-electron chi connectivity index (χ3n) is 5.66. The van der Waals surface area contributed by atoms with E-state index in [2.05, 4.69) is 5.32 Å². The number of benzene rings is 2. The summed E-state index contributed by atoms with van der Waals surface area (Å²) in [5.74, 6) is 1.90. The molecule has 9 heteroatoms. The fourth-order valence-electron chi connectivity index (χ4n) is 4.04. The molecule has 3 rings (SSSR count). The van der Waals surface area contributed by atoms with Gasteiger partial charge in [-0.2, -0.15) is 0 Å². The van der Waals surface area contributed by atoms with Crippen LogP contribution in [0.5, 0.6) is 23.0 Å². The molecule has 1 N–H and O–H groups in total. The largest absolute Gasteiger partial charge is 0.497 e. The molecule has 1 unspecified atom stereocenters. The molecular weight excluding hydrogens is 440 g/mol. The Labute approximate surface area is 199 Å². The van der Waals surface area contributed by atoms with E-state index in [1.54, 1.807) is 30.2 Å². The summed E-state index contributed by atoms with van der Waals surface area (Å²) in [6.07, 6.45) is 0.614. The minimum Gasteiger partial charge on any atom is -0.497 e. The fraction of sp³-hybridized carbons (Fsp3) is 0.440. The molecule has 9 nitrogen and oxygen atoms in total. The molecule has 0 saturated heterocycles. The number of nitrogens with zero attached hydrogens (tertiary/aromatic N) is 1. The minimum absolute atomic E-state index is 0.0101. The van der Waals surface area contributed by atoms with Gasteiger partial charge >= 0.3 is 12.0 Å². The van der Waals surface area contributed by atoms with Gasteiger partial charge in [-0.15, -0.1) is 0 Å². The van der Waals surface area contributed by atoms with E-state index in [4.69, 9.17) is 23.7 Å². The van der Waals surface area contributed by atoms with Crippen LogP contribution >= 0.6 is 0 Å². The van der Waals surface area contributed by atoms with Crippen LogP contribution < -0.4 is 24.3 Å². The number of carbonyl (C=O) groups excluding carboxylic acids is 2. The quantitative estimate of drug-likeness (QED) is 0.547. The first kappa shape index (κ1) is 25.0. The highest BCUT2D eigenvalue weighted by Gasteiger charge is 2.34. The highest BCUT2D eigenvalue weighted by molar-refractivity contribution is 5.92. The highest BCUT2D eigenvalue weighted by atomic mass is 16.5. The van der Waals surface area contributed by atoms with Crippen LogP contribution in [0.1, 0.15) is 37.4 Å². The summed E-state index contributed by atoms with van der Waals surface area (Å²) in [4.78, 5) is 27.3. The van der Waals surface area contributed by atoms with E-state index in [1.165, 1.54) is 14.2 Å². The molecule has 0 radical (unpaired) electrons. The summed E-state index contributed by atoms with van der Waals surface area (Å²) < 4.78 is 27.1. The van der Waals surface area contributed by atoms with E-state index in [0.717, 1.165) is 11.1 Å².